The van der Waals surface area contributed by atoms with Gasteiger partial charge in [0.15, 0.2) is 5.82 Å². The fourth-order valence-electron chi connectivity index (χ4n) is 5.28. The summed E-state index contributed by atoms with van der Waals surface area (Å²) in [7, 11) is 3.16. The van der Waals surface area contributed by atoms with Gasteiger partial charge in [-0.1, -0.05) is 0 Å². The van der Waals surface area contributed by atoms with E-state index in [4.69, 9.17) is 4.74 Å². The molecule has 4 heterocycles. The van der Waals surface area contributed by atoms with E-state index in [1.807, 2.05) is 4.90 Å². The normalized spacial score (nSPS) is 18.1. The molecule has 35 heavy (non-hydrogen) atoms. The Labute approximate surface area is 202 Å². The smallest absolute Gasteiger partial charge is 0.244 e. The van der Waals surface area contributed by atoms with Gasteiger partial charge in [0.2, 0.25) is 17.7 Å². The van der Waals surface area contributed by atoms with Gasteiger partial charge in [-0.2, -0.15) is 10.1 Å². The minimum absolute atomic E-state index is 0.148. The monoisotopic (exact) mass is 480 g/mol. The second kappa shape index (κ2) is 8.79. The van der Waals surface area contributed by atoms with Crippen LogP contribution in [-0.2, 0) is 4.79 Å². The van der Waals surface area contributed by atoms with Gasteiger partial charge in [0.05, 0.1) is 18.9 Å². The van der Waals surface area contributed by atoms with E-state index in [9.17, 15) is 4.79 Å². The van der Waals surface area contributed by atoms with Crippen LogP contribution in [0.3, 0.4) is 0 Å². The summed E-state index contributed by atoms with van der Waals surface area (Å²) in [6, 6.07) is 3.71. The minimum Gasteiger partial charge on any atom is -0.479 e. The molecular formula is C24H29FN8O2. The number of halogens is 1. The van der Waals surface area contributed by atoms with Crippen molar-refractivity contribution in [2.75, 3.05) is 32.6 Å². The minimum atomic E-state index is -0.453. The molecule has 1 N–H and O–H groups in total. The molecule has 1 spiro atoms. The lowest BCUT2D eigenvalue weighted by Crippen LogP contribution is -2.59. The van der Waals surface area contributed by atoms with Crippen molar-refractivity contribution in [3.63, 3.8) is 0 Å². The maximum atomic E-state index is 15.2. The zero-order valence-electron chi connectivity index (χ0n) is 20.2. The number of carbonyl (C=O) groups is 1. The highest BCUT2D eigenvalue weighted by atomic mass is 19.1. The summed E-state index contributed by atoms with van der Waals surface area (Å²) in [6.45, 7) is 6.89. The molecule has 5 rings (SSSR count). The lowest BCUT2D eigenvalue weighted by molar-refractivity contribution is -0.143. The van der Waals surface area contributed by atoms with Crippen LogP contribution in [0.2, 0.25) is 0 Å². The summed E-state index contributed by atoms with van der Waals surface area (Å²) in [4.78, 5) is 22.1. The van der Waals surface area contributed by atoms with Crippen molar-refractivity contribution in [2.24, 2.45) is 15.5 Å². The number of likely N-dealkylation sites (tertiary alicyclic amines) is 1. The van der Waals surface area contributed by atoms with Gasteiger partial charge in [0.25, 0.3) is 0 Å². The Morgan fingerprint density at radius 3 is 2.66 bits per heavy atom. The number of fused-ring (bicyclic) bond motifs is 1. The van der Waals surface area contributed by atoms with Crippen LogP contribution in [-0.4, -0.2) is 70.1 Å². The number of ether oxygens (including phenoxy) is 1. The second-order valence-corrected chi connectivity index (χ2v) is 9.37. The third-order valence-corrected chi connectivity index (χ3v) is 7.20. The van der Waals surface area contributed by atoms with Gasteiger partial charge in [0, 0.05) is 57.0 Å². The number of aromatic nitrogens is 4. The van der Waals surface area contributed by atoms with Crippen LogP contribution >= 0.6 is 0 Å². The van der Waals surface area contributed by atoms with Crippen LogP contribution in [0.1, 0.15) is 32.6 Å². The number of methoxy groups -OCH3 is 1. The van der Waals surface area contributed by atoms with Gasteiger partial charge in [-0.15, -0.1) is 5.10 Å². The van der Waals surface area contributed by atoms with E-state index < -0.39 is 5.82 Å². The maximum Gasteiger partial charge on any atom is 0.244 e. The number of nitrogens with one attached hydrogen (secondary N) is 1. The Kier molecular flexibility index (Phi) is 5.78. The molecule has 11 heteroatoms. The molecule has 0 bridgehead atoms. The molecular weight excluding hydrogens is 451 g/mol. The first-order valence-corrected chi connectivity index (χ1v) is 11.6. The molecule has 10 nitrogen and oxygen atoms in total. The molecule has 2 fully saturated rings. The highest BCUT2D eigenvalue weighted by Crippen LogP contribution is 2.44. The van der Waals surface area contributed by atoms with E-state index >= 15 is 4.39 Å². The number of hydrogen-bond donors (Lipinski definition) is 1. The number of rotatable bonds is 5. The molecule has 184 valence electrons. The highest BCUT2D eigenvalue weighted by molar-refractivity contribution is 5.84. The van der Waals surface area contributed by atoms with E-state index in [-0.39, 0.29) is 23.2 Å². The second-order valence-electron chi connectivity index (χ2n) is 9.37. The number of pyridine rings is 1. The SMILES string of the molecule is C=Nn1cc(-c2c(F)cn3nc(NC4CCC5(CC4)CN(C(C)=O)C5)nc(OC)c23)ccc1=NC. The van der Waals surface area contributed by atoms with Gasteiger partial charge >= 0.3 is 0 Å². The molecule has 0 unspecified atom stereocenters. The van der Waals surface area contributed by atoms with E-state index in [0.29, 0.717) is 28.1 Å². The Hall–Kier alpha value is -3.76. The number of amides is 1. The number of nitrogens with zero attached hydrogens (tertiary/aromatic N) is 7. The van der Waals surface area contributed by atoms with Gasteiger partial charge < -0.3 is 15.0 Å². The van der Waals surface area contributed by atoms with Crippen molar-refractivity contribution in [3.05, 3.63) is 35.8 Å². The van der Waals surface area contributed by atoms with E-state index in [2.05, 4.69) is 32.2 Å². The maximum absolute atomic E-state index is 15.2. The lowest BCUT2D eigenvalue weighted by atomic mass is 9.67. The average Bonchev–Trinajstić information content (AvgIpc) is 3.17. The zero-order chi connectivity index (χ0) is 24.7. The molecule has 0 radical (unpaired) electrons. The van der Waals surface area contributed by atoms with Crippen LogP contribution in [0, 0.1) is 11.2 Å². The number of hydrogen-bond acceptors (Lipinski definition) is 7. The fraction of sp³-hybridized carbons (Fsp3) is 0.458. The zero-order valence-corrected chi connectivity index (χ0v) is 20.2. The molecule has 1 amide bonds. The molecule has 1 aliphatic heterocycles. The van der Waals surface area contributed by atoms with Crippen molar-refractivity contribution in [3.8, 4) is 17.0 Å². The largest absolute Gasteiger partial charge is 0.479 e. The molecule has 2 aliphatic rings. The summed E-state index contributed by atoms with van der Waals surface area (Å²) in [5, 5.41) is 11.9. The molecule has 0 atom stereocenters. The van der Waals surface area contributed by atoms with E-state index in [0.717, 1.165) is 38.8 Å². The van der Waals surface area contributed by atoms with Crippen LogP contribution in [0.4, 0.5) is 10.3 Å². The third kappa shape index (κ3) is 4.04. The van der Waals surface area contributed by atoms with Crippen LogP contribution < -0.4 is 15.5 Å². The Morgan fingerprint density at radius 1 is 1.29 bits per heavy atom. The first-order valence-electron chi connectivity index (χ1n) is 11.6. The fourth-order valence-corrected chi connectivity index (χ4v) is 5.28. The summed E-state index contributed by atoms with van der Waals surface area (Å²) < 4.78 is 23.7. The Balaban J connectivity index is 1.40. The first-order chi connectivity index (χ1) is 16.9. The van der Waals surface area contributed by atoms with Crippen LogP contribution in [0.5, 0.6) is 5.88 Å². The van der Waals surface area contributed by atoms with Gasteiger partial charge in [-0.05, 0) is 37.8 Å². The Bertz CT molecular complexity index is 1360. The molecule has 0 aromatic carbocycles. The lowest BCUT2D eigenvalue weighted by Gasteiger charge is -2.53. The highest BCUT2D eigenvalue weighted by Gasteiger charge is 2.46. The van der Waals surface area contributed by atoms with Crippen LogP contribution in [0.15, 0.2) is 34.6 Å². The first kappa shape index (κ1) is 23.0. The topological polar surface area (TPSA) is 101 Å². The number of anilines is 1. The average molecular weight is 481 g/mol. The van der Waals surface area contributed by atoms with Crippen LogP contribution in [0.25, 0.3) is 16.6 Å². The molecule has 1 aliphatic carbocycles. The van der Waals surface area contributed by atoms with Crippen molar-refractivity contribution in [1.82, 2.24) is 24.2 Å². The summed E-state index contributed by atoms with van der Waals surface area (Å²) >= 11 is 0. The quantitative estimate of drug-likeness (QED) is 0.566. The van der Waals surface area contributed by atoms with Crippen molar-refractivity contribution >= 4 is 24.1 Å². The van der Waals surface area contributed by atoms with Crippen molar-refractivity contribution < 1.29 is 13.9 Å². The number of carbonyl (C=O) groups excluding carboxylic acids is 1. The Morgan fingerprint density at radius 2 is 2.03 bits per heavy atom. The third-order valence-electron chi connectivity index (χ3n) is 7.20. The molecule has 3 aromatic rings. The predicted octanol–water partition coefficient (Wildman–Crippen LogP) is 2.54. The van der Waals surface area contributed by atoms with Gasteiger partial charge in [0.1, 0.15) is 11.0 Å². The standard InChI is InChI=1S/C24H29FN8O2/c1-15(34)31-13-24(14-31)9-7-17(8-10-24)28-23-29-22(35-4)21-20(18(25)12-33(21)30-23)16-5-6-19(26-2)32(11-16)27-3/h5-6,11-12,17H,3,7-10,13-14H2,1-2,4H3,(H,28,30). The van der Waals surface area contributed by atoms with Gasteiger partial charge in [-0.25, -0.2) is 13.6 Å². The molecule has 3 aromatic heterocycles. The summed E-state index contributed by atoms with van der Waals surface area (Å²) in [5.41, 5.74) is 2.15. The van der Waals surface area contributed by atoms with E-state index in [1.165, 1.54) is 22.5 Å². The molecule has 1 saturated carbocycles. The van der Waals surface area contributed by atoms with E-state index in [1.54, 1.807) is 32.3 Å². The summed E-state index contributed by atoms with van der Waals surface area (Å²) in [6.07, 6.45) is 7.00. The predicted molar refractivity (Wildman–Crippen MR) is 130 cm³/mol. The van der Waals surface area contributed by atoms with Crippen molar-refractivity contribution in [1.29, 1.82) is 0 Å². The summed E-state index contributed by atoms with van der Waals surface area (Å²) in [5.74, 6) is 0.354. The van der Waals surface area contributed by atoms with Gasteiger partial charge in [-0.3, -0.25) is 9.79 Å². The molecule has 1 saturated heterocycles. The van der Waals surface area contributed by atoms with Crippen molar-refractivity contribution in [2.45, 2.75) is 38.6 Å².